The van der Waals surface area contributed by atoms with Gasteiger partial charge < -0.3 is 10.1 Å². The second-order valence-corrected chi connectivity index (χ2v) is 5.98. The molecule has 0 unspecified atom stereocenters. The Morgan fingerprint density at radius 3 is 2.28 bits per heavy atom. The molecule has 7 nitrogen and oxygen atoms in total. The van der Waals surface area contributed by atoms with Crippen molar-refractivity contribution in [3.63, 3.8) is 0 Å². The number of carbonyl (C=O) groups is 2. The highest BCUT2D eigenvalue weighted by Gasteiger charge is 2.17. The molecule has 0 spiro atoms. The second-order valence-electron chi connectivity index (χ2n) is 4.70. The summed E-state index contributed by atoms with van der Waals surface area (Å²) in [4.78, 5) is 33.7. The Bertz CT molecular complexity index is 837. The standard InChI is InChI=1S/C15H9Cl3N2O5/c16-8-3-9(17)5-10(4-8)19-14(21)7-25-15(22)12-2-1-11(20(23)24)6-13(12)18/h1-6H,7H2,(H,19,21). The Morgan fingerprint density at radius 2 is 1.72 bits per heavy atom. The molecule has 0 fully saturated rings. The van der Waals surface area contributed by atoms with Crippen LogP contribution in [-0.2, 0) is 9.53 Å². The molecule has 0 atom stereocenters. The Hall–Kier alpha value is -2.35. The highest BCUT2D eigenvalue weighted by atomic mass is 35.5. The lowest BCUT2D eigenvalue weighted by Crippen LogP contribution is -2.21. The van der Waals surface area contributed by atoms with Gasteiger partial charge in [0.05, 0.1) is 15.5 Å². The minimum Gasteiger partial charge on any atom is -0.452 e. The normalized spacial score (nSPS) is 10.2. The third-order valence-electron chi connectivity index (χ3n) is 2.86. The predicted octanol–water partition coefficient (Wildman–Crippen LogP) is 4.35. The smallest absolute Gasteiger partial charge is 0.340 e. The number of hydrogen-bond donors (Lipinski definition) is 1. The van der Waals surface area contributed by atoms with Crippen LogP contribution >= 0.6 is 34.8 Å². The number of halogens is 3. The summed E-state index contributed by atoms with van der Waals surface area (Å²) in [5.41, 5.74) is -0.0186. The van der Waals surface area contributed by atoms with Crippen LogP contribution in [0, 0.1) is 10.1 Å². The van der Waals surface area contributed by atoms with Crippen LogP contribution in [0.2, 0.25) is 15.1 Å². The lowest BCUT2D eigenvalue weighted by Gasteiger charge is -2.08. The zero-order valence-corrected chi connectivity index (χ0v) is 14.6. The zero-order valence-electron chi connectivity index (χ0n) is 12.3. The van der Waals surface area contributed by atoms with E-state index in [1.807, 2.05) is 0 Å². The van der Waals surface area contributed by atoms with Crippen LogP contribution < -0.4 is 5.32 Å². The molecular formula is C15H9Cl3N2O5. The number of nitro benzene ring substituents is 1. The molecule has 0 aliphatic heterocycles. The minimum absolute atomic E-state index is 0.0918. The lowest BCUT2D eigenvalue weighted by atomic mass is 10.2. The van der Waals surface area contributed by atoms with Crippen LogP contribution in [0.5, 0.6) is 0 Å². The molecule has 0 aliphatic carbocycles. The van der Waals surface area contributed by atoms with Crippen molar-refractivity contribution < 1.29 is 19.2 Å². The summed E-state index contributed by atoms with van der Waals surface area (Å²) in [5, 5.41) is 13.6. The van der Waals surface area contributed by atoms with Gasteiger partial charge in [-0.25, -0.2) is 4.79 Å². The van der Waals surface area contributed by atoms with E-state index >= 15 is 0 Å². The van der Waals surface area contributed by atoms with E-state index in [0.717, 1.165) is 18.2 Å². The van der Waals surface area contributed by atoms with Crippen molar-refractivity contribution in [2.24, 2.45) is 0 Å². The topological polar surface area (TPSA) is 98.5 Å². The maximum absolute atomic E-state index is 11.9. The van der Waals surface area contributed by atoms with Gasteiger partial charge in [0.15, 0.2) is 6.61 Å². The number of esters is 1. The third kappa shape index (κ3) is 5.32. The van der Waals surface area contributed by atoms with Crippen molar-refractivity contribution in [2.75, 3.05) is 11.9 Å². The molecule has 2 aromatic rings. The summed E-state index contributed by atoms with van der Waals surface area (Å²) in [5.74, 6) is -1.51. The number of non-ortho nitro benzene ring substituents is 1. The van der Waals surface area contributed by atoms with E-state index in [1.165, 1.54) is 18.2 Å². The van der Waals surface area contributed by atoms with E-state index in [0.29, 0.717) is 15.7 Å². The van der Waals surface area contributed by atoms with Gasteiger partial charge in [0, 0.05) is 27.9 Å². The van der Waals surface area contributed by atoms with E-state index in [-0.39, 0.29) is 16.3 Å². The molecule has 2 aromatic carbocycles. The number of nitro groups is 1. The molecule has 2 rings (SSSR count). The van der Waals surface area contributed by atoms with Gasteiger partial charge in [0.1, 0.15) is 0 Å². The minimum atomic E-state index is -0.890. The van der Waals surface area contributed by atoms with Crippen molar-refractivity contribution in [2.45, 2.75) is 0 Å². The molecule has 0 heterocycles. The Balaban J connectivity index is 1.97. The fourth-order valence-electron chi connectivity index (χ4n) is 1.82. The summed E-state index contributed by atoms with van der Waals surface area (Å²) in [6, 6.07) is 7.72. The van der Waals surface area contributed by atoms with Crippen LogP contribution in [0.3, 0.4) is 0 Å². The molecule has 0 aromatic heterocycles. The van der Waals surface area contributed by atoms with Crippen LogP contribution in [0.15, 0.2) is 36.4 Å². The molecular weight excluding hydrogens is 395 g/mol. The summed E-state index contributed by atoms with van der Waals surface area (Å²) in [6.07, 6.45) is 0. The van der Waals surface area contributed by atoms with Crippen LogP contribution in [0.1, 0.15) is 10.4 Å². The largest absolute Gasteiger partial charge is 0.452 e. The number of anilines is 1. The molecule has 1 amide bonds. The summed E-state index contributed by atoms with van der Waals surface area (Å²) < 4.78 is 4.83. The molecule has 1 N–H and O–H groups in total. The maximum atomic E-state index is 11.9. The van der Waals surface area contributed by atoms with Gasteiger partial charge in [-0.05, 0) is 24.3 Å². The van der Waals surface area contributed by atoms with E-state index in [2.05, 4.69) is 5.32 Å². The first kappa shape index (κ1) is 19.0. The van der Waals surface area contributed by atoms with Gasteiger partial charge in [-0.2, -0.15) is 0 Å². The fourth-order valence-corrected chi connectivity index (χ4v) is 2.59. The monoisotopic (exact) mass is 402 g/mol. The molecule has 0 radical (unpaired) electrons. The van der Waals surface area contributed by atoms with Gasteiger partial charge in [-0.3, -0.25) is 14.9 Å². The number of rotatable bonds is 5. The van der Waals surface area contributed by atoms with Gasteiger partial charge >= 0.3 is 5.97 Å². The number of nitrogens with zero attached hydrogens (tertiary/aromatic N) is 1. The zero-order chi connectivity index (χ0) is 18.6. The molecule has 25 heavy (non-hydrogen) atoms. The van der Waals surface area contributed by atoms with Gasteiger partial charge in [-0.1, -0.05) is 34.8 Å². The highest BCUT2D eigenvalue weighted by Crippen LogP contribution is 2.24. The van der Waals surface area contributed by atoms with Crippen LogP contribution in [0.25, 0.3) is 0 Å². The van der Waals surface area contributed by atoms with E-state index in [4.69, 9.17) is 39.5 Å². The number of amides is 1. The Morgan fingerprint density at radius 1 is 1.08 bits per heavy atom. The summed E-state index contributed by atoms with van der Waals surface area (Å²) in [7, 11) is 0. The molecule has 0 saturated carbocycles. The number of carbonyl (C=O) groups excluding carboxylic acids is 2. The molecule has 130 valence electrons. The van der Waals surface area contributed by atoms with Crippen LogP contribution in [-0.4, -0.2) is 23.4 Å². The molecule has 0 saturated heterocycles. The van der Waals surface area contributed by atoms with Crippen molar-refractivity contribution in [1.29, 1.82) is 0 Å². The first-order valence-electron chi connectivity index (χ1n) is 6.63. The van der Waals surface area contributed by atoms with Crippen molar-refractivity contribution in [1.82, 2.24) is 0 Å². The van der Waals surface area contributed by atoms with Crippen molar-refractivity contribution in [3.05, 3.63) is 67.1 Å². The quantitative estimate of drug-likeness (QED) is 0.454. The lowest BCUT2D eigenvalue weighted by molar-refractivity contribution is -0.384. The fraction of sp³-hybridized carbons (Fsp3) is 0.0667. The maximum Gasteiger partial charge on any atom is 0.340 e. The van der Waals surface area contributed by atoms with Crippen molar-refractivity contribution >= 4 is 58.1 Å². The number of benzene rings is 2. The Kier molecular flexibility index (Phi) is 6.19. The Labute approximate surface area is 156 Å². The average molecular weight is 404 g/mol. The van der Waals surface area contributed by atoms with E-state index < -0.39 is 23.4 Å². The van der Waals surface area contributed by atoms with Crippen molar-refractivity contribution in [3.8, 4) is 0 Å². The first-order chi connectivity index (χ1) is 11.8. The second kappa shape index (κ2) is 8.15. The molecule has 10 heteroatoms. The van der Waals surface area contributed by atoms with Gasteiger partial charge in [0.25, 0.3) is 11.6 Å². The SMILES string of the molecule is O=C(COC(=O)c1ccc([N+](=O)[O-])cc1Cl)Nc1cc(Cl)cc(Cl)c1. The summed E-state index contributed by atoms with van der Waals surface area (Å²) in [6.45, 7) is -0.587. The predicted molar refractivity (Wildman–Crippen MR) is 93.5 cm³/mol. The number of ether oxygens (including phenoxy) is 1. The highest BCUT2D eigenvalue weighted by molar-refractivity contribution is 6.35. The van der Waals surface area contributed by atoms with E-state index in [1.54, 1.807) is 0 Å². The average Bonchev–Trinajstić information content (AvgIpc) is 2.51. The van der Waals surface area contributed by atoms with Crippen LogP contribution in [0.4, 0.5) is 11.4 Å². The molecule has 0 bridgehead atoms. The van der Waals surface area contributed by atoms with E-state index in [9.17, 15) is 19.7 Å². The van der Waals surface area contributed by atoms with Gasteiger partial charge in [0.2, 0.25) is 0 Å². The first-order valence-corrected chi connectivity index (χ1v) is 7.76. The molecule has 0 aliphatic rings. The van der Waals surface area contributed by atoms with Gasteiger partial charge in [-0.15, -0.1) is 0 Å². The number of nitrogens with one attached hydrogen (secondary N) is 1. The summed E-state index contributed by atoms with van der Waals surface area (Å²) >= 11 is 17.4. The third-order valence-corrected chi connectivity index (χ3v) is 3.61. The number of hydrogen-bond acceptors (Lipinski definition) is 5.